The van der Waals surface area contributed by atoms with Gasteiger partial charge in [-0.05, 0) is 12.8 Å². The highest BCUT2D eigenvalue weighted by molar-refractivity contribution is 6.18. The average molecular weight is 161 g/mol. The minimum absolute atomic E-state index is 0.660. The van der Waals surface area contributed by atoms with Crippen LogP contribution in [0.3, 0.4) is 0 Å². The van der Waals surface area contributed by atoms with E-state index < -0.39 is 0 Å². The molecular formula is C9H17Cl. The second-order valence-corrected chi connectivity index (χ2v) is 2.78. The third-order valence-corrected chi connectivity index (χ3v) is 1.66. The first-order valence-electron chi connectivity index (χ1n) is 4.12. The van der Waals surface area contributed by atoms with Crippen molar-refractivity contribution < 1.29 is 0 Å². The maximum Gasteiger partial charge on any atom is 0.0404 e. The van der Waals surface area contributed by atoms with E-state index in [1.165, 1.54) is 32.1 Å². The third-order valence-electron chi connectivity index (χ3n) is 1.48. The van der Waals surface area contributed by atoms with Gasteiger partial charge >= 0.3 is 0 Å². The summed E-state index contributed by atoms with van der Waals surface area (Å²) < 4.78 is 0. The molecule has 0 rings (SSSR count). The van der Waals surface area contributed by atoms with Gasteiger partial charge in [0.1, 0.15) is 0 Å². The number of hydrogen-bond donors (Lipinski definition) is 0. The number of rotatable bonds is 6. The van der Waals surface area contributed by atoms with Crippen LogP contribution in [0.5, 0.6) is 0 Å². The lowest BCUT2D eigenvalue weighted by atomic mass is 10.1. The van der Waals surface area contributed by atoms with E-state index in [0.717, 1.165) is 0 Å². The minimum atomic E-state index is 0.660. The third kappa shape index (κ3) is 8.03. The molecule has 0 bridgehead atoms. The lowest BCUT2D eigenvalue weighted by molar-refractivity contribution is 0.674. The fourth-order valence-electron chi connectivity index (χ4n) is 0.870. The maximum absolute atomic E-state index is 5.45. The summed E-state index contributed by atoms with van der Waals surface area (Å²) in [6.07, 6.45) is 10.8. The molecule has 0 saturated carbocycles. The molecule has 0 unspecified atom stereocenters. The zero-order valence-electron chi connectivity index (χ0n) is 6.78. The van der Waals surface area contributed by atoms with E-state index in [-0.39, 0.29) is 0 Å². The van der Waals surface area contributed by atoms with Crippen LogP contribution in [0.4, 0.5) is 0 Å². The smallest absolute Gasteiger partial charge is 0.0404 e. The Labute approximate surface area is 69.3 Å². The van der Waals surface area contributed by atoms with Gasteiger partial charge in [0.05, 0.1) is 0 Å². The molecule has 0 aromatic heterocycles. The minimum Gasteiger partial charge on any atom is -0.122 e. The van der Waals surface area contributed by atoms with Crippen molar-refractivity contribution in [3.63, 3.8) is 0 Å². The van der Waals surface area contributed by atoms with Crippen LogP contribution < -0.4 is 0 Å². The Morgan fingerprint density at radius 2 is 1.90 bits per heavy atom. The molecule has 0 nitrogen and oxygen atoms in total. The fourth-order valence-corrected chi connectivity index (χ4v) is 0.996. The fraction of sp³-hybridized carbons (Fsp3) is 0.778. The molecule has 0 heterocycles. The molecule has 0 saturated heterocycles. The van der Waals surface area contributed by atoms with Crippen LogP contribution in [0, 0.1) is 0 Å². The predicted octanol–water partition coefficient (Wildman–Crippen LogP) is 3.75. The Balaban J connectivity index is 2.83. The van der Waals surface area contributed by atoms with Gasteiger partial charge in [0.15, 0.2) is 0 Å². The summed E-state index contributed by atoms with van der Waals surface area (Å²) in [6, 6.07) is 0. The first-order valence-corrected chi connectivity index (χ1v) is 4.66. The molecule has 0 aromatic rings. The van der Waals surface area contributed by atoms with Crippen LogP contribution in [0.15, 0.2) is 12.2 Å². The molecule has 0 aromatic carbocycles. The number of halogens is 1. The highest BCUT2D eigenvalue weighted by Gasteiger charge is 1.82. The van der Waals surface area contributed by atoms with E-state index in [1.54, 1.807) is 0 Å². The number of unbranched alkanes of at least 4 members (excludes halogenated alkanes) is 4. The molecule has 0 aliphatic rings. The van der Waals surface area contributed by atoms with Gasteiger partial charge in [-0.2, -0.15) is 0 Å². The van der Waals surface area contributed by atoms with Crippen LogP contribution in [-0.2, 0) is 0 Å². The normalized spacial score (nSPS) is 11.0. The van der Waals surface area contributed by atoms with E-state index in [9.17, 15) is 0 Å². The molecule has 0 aliphatic carbocycles. The second kappa shape index (κ2) is 9.03. The molecule has 0 atom stereocenters. The van der Waals surface area contributed by atoms with Gasteiger partial charge in [0.25, 0.3) is 0 Å². The molecule has 0 spiro atoms. The Morgan fingerprint density at radius 1 is 1.10 bits per heavy atom. The standard InChI is InChI=1S/C9H17Cl/c1-2-3-4-5-6-7-8-9-10/h7-8H,2-6,9H2,1H3/b8-7+. The molecule has 0 aliphatic heterocycles. The first-order chi connectivity index (χ1) is 4.91. The second-order valence-electron chi connectivity index (χ2n) is 2.48. The van der Waals surface area contributed by atoms with Crippen molar-refractivity contribution >= 4 is 11.6 Å². The predicted molar refractivity (Wildman–Crippen MR) is 48.6 cm³/mol. The maximum atomic E-state index is 5.45. The molecule has 0 radical (unpaired) electrons. The van der Waals surface area contributed by atoms with Crippen LogP contribution in [0.25, 0.3) is 0 Å². The van der Waals surface area contributed by atoms with Crippen LogP contribution in [0.2, 0.25) is 0 Å². The molecule has 0 amide bonds. The van der Waals surface area contributed by atoms with Gasteiger partial charge in [0, 0.05) is 5.88 Å². The summed E-state index contributed by atoms with van der Waals surface area (Å²) >= 11 is 5.45. The monoisotopic (exact) mass is 160 g/mol. The highest BCUT2D eigenvalue weighted by Crippen LogP contribution is 2.02. The Kier molecular flexibility index (Phi) is 9.06. The van der Waals surface area contributed by atoms with Crippen molar-refractivity contribution in [3.8, 4) is 0 Å². The summed E-state index contributed by atoms with van der Waals surface area (Å²) in [4.78, 5) is 0. The first kappa shape index (κ1) is 10.0. The van der Waals surface area contributed by atoms with Gasteiger partial charge < -0.3 is 0 Å². The molecule has 60 valence electrons. The van der Waals surface area contributed by atoms with Crippen molar-refractivity contribution in [3.05, 3.63) is 12.2 Å². The van der Waals surface area contributed by atoms with E-state index in [1.807, 2.05) is 6.08 Å². The molecule has 10 heavy (non-hydrogen) atoms. The highest BCUT2D eigenvalue weighted by atomic mass is 35.5. The number of allylic oxidation sites excluding steroid dienone is 2. The largest absolute Gasteiger partial charge is 0.122 e. The van der Waals surface area contributed by atoms with E-state index in [2.05, 4.69) is 13.0 Å². The number of alkyl halides is 1. The Bertz CT molecular complexity index is 76.8. The van der Waals surface area contributed by atoms with Crippen LogP contribution in [0.1, 0.15) is 39.0 Å². The summed E-state index contributed by atoms with van der Waals surface area (Å²) in [5.41, 5.74) is 0. The van der Waals surface area contributed by atoms with Gasteiger partial charge in [-0.15, -0.1) is 11.6 Å². The van der Waals surface area contributed by atoms with Gasteiger partial charge in [-0.3, -0.25) is 0 Å². The zero-order valence-corrected chi connectivity index (χ0v) is 7.53. The molecular weight excluding hydrogens is 144 g/mol. The summed E-state index contributed by atoms with van der Waals surface area (Å²) in [6.45, 7) is 2.23. The summed E-state index contributed by atoms with van der Waals surface area (Å²) in [5, 5.41) is 0. The Hall–Kier alpha value is 0.0300. The van der Waals surface area contributed by atoms with Gasteiger partial charge in [-0.1, -0.05) is 38.3 Å². The summed E-state index contributed by atoms with van der Waals surface area (Å²) in [7, 11) is 0. The molecule has 0 fully saturated rings. The lowest BCUT2D eigenvalue weighted by Crippen LogP contribution is -1.73. The van der Waals surface area contributed by atoms with Crippen molar-refractivity contribution in [1.29, 1.82) is 0 Å². The zero-order chi connectivity index (χ0) is 7.66. The topological polar surface area (TPSA) is 0 Å². The van der Waals surface area contributed by atoms with Crippen molar-refractivity contribution in [2.45, 2.75) is 39.0 Å². The van der Waals surface area contributed by atoms with Gasteiger partial charge in [-0.25, -0.2) is 0 Å². The average Bonchev–Trinajstić information content (AvgIpc) is 1.97. The van der Waals surface area contributed by atoms with Crippen molar-refractivity contribution in [2.24, 2.45) is 0 Å². The van der Waals surface area contributed by atoms with Crippen LogP contribution >= 0.6 is 11.6 Å². The quantitative estimate of drug-likeness (QED) is 0.316. The van der Waals surface area contributed by atoms with E-state index >= 15 is 0 Å². The van der Waals surface area contributed by atoms with Gasteiger partial charge in [0.2, 0.25) is 0 Å². The molecule has 0 N–H and O–H groups in total. The van der Waals surface area contributed by atoms with E-state index in [4.69, 9.17) is 11.6 Å². The van der Waals surface area contributed by atoms with Crippen molar-refractivity contribution in [1.82, 2.24) is 0 Å². The Morgan fingerprint density at radius 3 is 2.50 bits per heavy atom. The number of hydrogen-bond acceptors (Lipinski definition) is 0. The SMILES string of the molecule is CCCCCC/C=C/CCl. The van der Waals surface area contributed by atoms with Crippen molar-refractivity contribution in [2.75, 3.05) is 5.88 Å². The van der Waals surface area contributed by atoms with Crippen LogP contribution in [-0.4, -0.2) is 5.88 Å². The molecule has 1 heteroatoms. The lowest BCUT2D eigenvalue weighted by Gasteiger charge is -1.92. The summed E-state index contributed by atoms with van der Waals surface area (Å²) in [5.74, 6) is 0.660. The van der Waals surface area contributed by atoms with E-state index in [0.29, 0.717) is 5.88 Å².